The number of anilines is 2. The molecular weight excluding hydrogens is 728 g/mol. The molecule has 2 N–H and O–H groups in total. The molecule has 0 bridgehead atoms. The van der Waals surface area contributed by atoms with Gasteiger partial charge in [0.1, 0.15) is 6.04 Å². The van der Waals surface area contributed by atoms with E-state index in [0.29, 0.717) is 74.4 Å². The van der Waals surface area contributed by atoms with E-state index in [1.165, 1.54) is 11.8 Å². The molecule has 0 radical (unpaired) electrons. The minimum absolute atomic E-state index is 0.125. The minimum Gasteiger partial charge on any atom is -0.490 e. The Kier molecular flexibility index (Phi) is 12.0. The molecule has 0 aliphatic carbocycles. The molecule has 49 heavy (non-hydrogen) atoms. The van der Waals surface area contributed by atoms with Gasteiger partial charge in [0.05, 0.1) is 16.7 Å². The van der Waals surface area contributed by atoms with Gasteiger partial charge in [-0.1, -0.05) is 53.7 Å². The van der Waals surface area contributed by atoms with Crippen molar-refractivity contribution in [2.45, 2.75) is 58.5 Å². The van der Waals surface area contributed by atoms with Crippen LogP contribution in [0.2, 0.25) is 5.02 Å². The van der Waals surface area contributed by atoms with E-state index in [-0.39, 0.29) is 18.4 Å². The van der Waals surface area contributed by atoms with Crippen LogP contribution in [-0.2, 0) is 15.3 Å². The predicted molar refractivity (Wildman–Crippen MR) is 199 cm³/mol. The number of aryl methyl sites for hydroxylation is 1. The summed E-state index contributed by atoms with van der Waals surface area (Å²) in [5, 5.41) is 12.5. The van der Waals surface area contributed by atoms with E-state index < -0.39 is 6.04 Å². The number of aromatic nitrogens is 3. The third kappa shape index (κ3) is 8.08. The van der Waals surface area contributed by atoms with Gasteiger partial charge in [0.2, 0.25) is 11.1 Å². The summed E-state index contributed by atoms with van der Waals surface area (Å²) in [4.78, 5) is 33.5. The zero-order chi connectivity index (χ0) is 35.2. The smallest absolute Gasteiger partial charge is 0.260 e. The topological polar surface area (TPSA) is 111 Å². The third-order valence-corrected chi connectivity index (χ3v) is 10.2. The quantitative estimate of drug-likeness (QED) is 0.131. The number of amides is 2. The predicted octanol–water partition coefficient (Wildman–Crippen LogP) is 8.18. The van der Waals surface area contributed by atoms with Crippen molar-refractivity contribution in [3.63, 3.8) is 0 Å². The highest BCUT2D eigenvalue weighted by atomic mass is 79.9. The van der Waals surface area contributed by atoms with Crippen LogP contribution < -0.4 is 20.1 Å². The number of rotatable bonds is 13. The van der Waals surface area contributed by atoms with Gasteiger partial charge in [-0.3, -0.25) is 9.59 Å². The van der Waals surface area contributed by atoms with E-state index in [1.807, 2.05) is 96.1 Å². The molecule has 0 spiro atoms. The van der Waals surface area contributed by atoms with Crippen molar-refractivity contribution in [1.29, 1.82) is 0 Å². The summed E-state index contributed by atoms with van der Waals surface area (Å²) in [6, 6.07) is 16.5. The summed E-state index contributed by atoms with van der Waals surface area (Å²) >= 11 is 11.6. The van der Waals surface area contributed by atoms with Crippen LogP contribution in [0.15, 0.2) is 75.5 Å². The zero-order valence-corrected chi connectivity index (χ0v) is 31.6. The number of ether oxygens (including phenoxy) is 2. The average Bonchev–Trinajstić information content (AvgIpc) is 3.48. The molecule has 2 amide bonds. The molecule has 1 aliphatic heterocycles. The molecule has 2 heterocycles. The molecule has 5 rings (SSSR count). The number of hydrogen-bond donors (Lipinski definition) is 2. The highest BCUT2D eigenvalue weighted by Gasteiger charge is 2.36. The number of thioether (sulfide) groups is 1. The van der Waals surface area contributed by atoms with E-state index in [0.717, 1.165) is 22.4 Å². The molecule has 4 aromatic rings. The summed E-state index contributed by atoms with van der Waals surface area (Å²) in [6.45, 7) is 13.0. The molecule has 0 saturated heterocycles. The Morgan fingerprint density at radius 2 is 1.82 bits per heavy atom. The summed E-state index contributed by atoms with van der Waals surface area (Å²) in [6.07, 6.45) is 0. The number of nitrogens with zero attached hydrogens (tertiary/aromatic N) is 4. The van der Waals surface area contributed by atoms with E-state index in [1.54, 1.807) is 9.58 Å². The largest absolute Gasteiger partial charge is 0.490 e. The highest BCUT2D eigenvalue weighted by Crippen LogP contribution is 2.44. The van der Waals surface area contributed by atoms with Crippen LogP contribution in [0.25, 0.3) is 0 Å². The lowest BCUT2D eigenvalue weighted by Crippen LogP contribution is -2.34. The fourth-order valence-electron chi connectivity index (χ4n) is 5.58. The Morgan fingerprint density at radius 3 is 2.53 bits per heavy atom. The van der Waals surface area contributed by atoms with Gasteiger partial charge in [-0.05, 0) is 104 Å². The van der Waals surface area contributed by atoms with Crippen LogP contribution >= 0.6 is 39.3 Å². The van der Waals surface area contributed by atoms with Crippen molar-refractivity contribution in [1.82, 2.24) is 19.7 Å². The Balaban J connectivity index is 1.56. The molecule has 13 heteroatoms. The zero-order valence-electron chi connectivity index (χ0n) is 28.4. The molecule has 1 aromatic heterocycles. The van der Waals surface area contributed by atoms with Gasteiger partial charge < -0.3 is 25.0 Å². The summed E-state index contributed by atoms with van der Waals surface area (Å²) < 4.78 is 14.4. The van der Waals surface area contributed by atoms with Gasteiger partial charge in [0.25, 0.3) is 11.8 Å². The van der Waals surface area contributed by atoms with E-state index in [2.05, 4.69) is 26.6 Å². The second-order valence-electron chi connectivity index (χ2n) is 11.4. The standard InChI is InChI=1S/C36H40BrClN6O4S/c1-7-43(8-2)30(45)19-48-33-26(37)17-25(18-29(33)47-9-3)32-31(34(46)40-28-16-12-13-21(4)22(28)5)23(6)39-35-41-36(42-44(32)35)49-20-24-14-10-11-15-27(24)38/h10-18,32H,7-9,19-20H2,1-6H3,(H,40,46)(H,39,41,42). The van der Waals surface area contributed by atoms with Crippen molar-refractivity contribution in [3.8, 4) is 11.5 Å². The lowest BCUT2D eigenvalue weighted by atomic mass is 9.94. The van der Waals surface area contributed by atoms with Gasteiger partial charge in [-0.25, -0.2) is 4.68 Å². The average molecular weight is 768 g/mol. The van der Waals surface area contributed by atoms with Crippen molar-refractivity contribution in [2.75, 3.05) is 36.9 Å². The van der Waals surface area contributed by atoms with Crippen molar-refractivity contribution >= 4 is 62.7 Å². The second-order valence-corrected chi connectivity index (χ2v) is 13.6. The summed E-state index contributed by atoms with van der Waals surface area (Å²) in [7, 11) is 0. The minimum atomic E-state index is -0.689. The number of hydrogen-bond acceptors (Lipinski definition) is 8. The molecule has 1 atom stereocenters. The first-order chi connectivity index (χ1) is 23.6. The molecule has 0 saturated carbocycles. The van der Waals surface area contributed by atoms with Crippen molar-refractivity contribution in [2.24, 2.45) is 0 Å². The van der Waals surface area contributed by atoms with E-state index in [4.69, 9.17) is 31.2 Å². The SMILES string of the molecule is CCOc1cc(C2C(C(=O)Nc3cccc(C)c3C)=C(C)Nc3nc(SCc4ccccc4Cl)nn32)cc(Br)c1OCC(=O)N(CC)CC. The molecule has 1 aliphatic rings. The number of carbonyl (C=O) groups is 2. The Morgan fingerprint density at radius 1 is 1.06 bits per heavy atom. The van der Waals surface area contributed by atoms with E-state index >= 15 is 0 Å². The summed E-state index contributed by atoms with van der Waals surface area (Å²) in [5.74, 6) is 1.48. The molecular formula is C36H40BrClN6O4S. The number of carbonyl (C=O) groups excluding carboxylic acids is 2. The number of halogens is 2. The van der Waals surface area contributed by atoms with Crippen LogP contribution in [0.3, 0.4) is 0 Å². The number of benzene rings is 3. The second kappa shape index (κ2) is 16.1. The molecule has 258 valence electrons. The molecule has 0 fully saturated rings. The van der Waals surface area contributed by atoms with Crippen LogP contribution in [0.1, 0.15) is 56.0 Å². The lowest BCUT2D eigenvalue weighted by molar-refractivity contribution is -0.133. The first-order valence-electron chi connectivity index (χ1n) is 16.1. The van der Waals surface area contributed by atoms with Gasteiger partial charge in [-0.2, -0.15) is 4.98 Å². The Labute approximate surface area is 304 Å². The Hall–Kier alpha value is -4.00. The third-order valence-electron chi connectivity index (χ3n) is 8.35. The van der Waals surface area contributed by atoms with Crippen LogP contribution in [0.5, 0.6) is 11.5 Å². The fourth-order valence-corrected chi connectivity index (χ4v) is 7.27. The monoisotopic (exact) mass is 766 g/mol. The lowest BCUT2D eigenvalue weighted by Gasteiger charge is -2.29. The maximum Gasteiger partial charge on any atom is 0.260 e. The van der Waals surface area contributed by atoms with Gasteiger partial charge in [0.15, 0.2) is 18.1 Å². The van der Waals surface area contributed by atoms with Crippen LogP contribution in [0.4, 0.5) is 11.6 Å². The molecule has 1 unspecified atom stereocenters. The Bertz CT molecular complexity index is 1890. The normalized spacial score (nSPS) is 13.8. The van der Waals surface area contributed by atoms with Crippen LogP contribution in [-0.4, -0.2) is 57.8 Å². The van der Waals surface area contributed by atoms with E-state index in [9.17, 15) is 9.59 Å². The van der Waals surface area contributed by atoms with Gasteiger partial charge in [-0.15, -0.1) is 5.10 Å². The summed E-state index contributed by atoms with van der Waals surface area (Å²) in [5.41, 5.74) is 5.54. The van der Waals surface area contributed by atoms with Gasteiger partial charge >= 0.3 is 0 Å². The van der Waals surface area contributed by atoms with Crippen molar-refractivity contribution < 1.29 is 19.1 Å². The number of allylic oxidation sites excluding steroid dienone is 1. The number of nitrogens with one attached hydrogen (secondary N) is 2. The highest BCUT2D eigenvalue weighted by molar-refractivity contribution is 9.10. The maximum atomic E-state index is 14.3. The number of likely N-dealkylation sites (N-methyl/N-ethyl adjacent to an activating group) is 1. The molecule has 10 nitrogen and oxygen atoms in total. The first kappa shape index (κ1) is 36.3. The molecule has 3 aromatic carbocycles. The fraction of sp³-hybridized carbons (Fsp3) is 0.333. The van der Waals surface area contributed by atoms with Gasteiger partial charge in [0, 0.05) is 35.2 Å². The first-order valence-corrected chi connectivity index (χ1v) is 18.3. The van der Waals surface area contributed by atoms with Crippen LogP contribution in [0, 0.1) is 13.8 Å². The van der Waals surface area contributed by atoms with Crippen molar-refractivity contribution in [3.05, 3.63) is 97.6 Å². The maximum absolute atomic E-state index is 14.3. The number of fused-ring (bicyclic) bond motifs is 1.